The Morgan fingerprint density at radius 2 is 1.42 bits per heavy atom. The van der Waals surface area contributed by atoms with Crippen LogP contribution >= 0.6 is 15.9 Å². The van der Waals surface area contributed by atoms with Crippen LogP contribution in [-0.4, -0.2) is 26.5 Å². The molecule has 5 nitrogen and oxygen atoms in total. The van der Waals surface area contributed by atoms with Gasteiger partial charge in [-0.1, -0.05) is 76.6 Å². The summed E-state index contributed by atoms with van der Waals surface area (Å²) in [6.07, 6.45) is 1.42. The first-order valence-electron chi connectivity index (χ1n) is 12.6. The Morgan fingerprint density at radius 3 is 2.08 bits per heavy atom. The van der Waals surface area contributed by atoms with Crippen molar-refractivity contribution in [3.63, 3.8) is 0 Å². The van der Waals surface area contributed by atoms with E-state index in [4.69, 9.17) is 23.9 Å². The number of benzene rings is 4. The first-order valence-corrected chi connectivity index (χ1v) is 13.4. The van der Waals surface area contributed by atoms with E-state index in [1.807, 2.05) is 66.7 Å². The lowest BCUT2D eigenvalue weighted by Gasteiger charge is -2.24. The Morgan fingerprint density at radius 1 is 0.763 bits per heavy atom. The zero-order valence-corrected chi connectivity index (χ0v) is 23.2. The van der Waals surface area contributed by atoms with Crippen molar-refractivity contribution in [2.24, 2.45) is 4.99 Å². The van der Waals surface area contributed by atoms with Gasteiger partial charge in [-0.2, -0.15) is 0 Å². The summed E-state index contributed by atoms with van der Waals surface area (Å²) in [5.74, 6) is 2.78. The minimum atomic E-state index is 0.429. The molecule has 0 aromatic heterocycles. The van der Waals surface area contributed by atoms with Crippen molar-refractivity contribution < 1.29 is 18.9 Å². The second-order valence-corrected chi connectivity index (χ2v) is 9.88. The van der Waals surface area contributed by atoms with Crippen LogP contribution in [0.1, 0.15) is 27.8 Å². The third-order valence-corrected chi connectivity index (χ3v) is 7.32. The molecular weight excluding hydrogens is 542 g/mol. The van der Waals surface area contributed by atoms with Crippen molar-refractivity contribution in [1.82, 2.24) is 0 Å². The smallest absolute Gasteiger partial charge is 0.203 e. The standard InChI is InChI=1S/C32H30BrNO4/c1-35-31-26-15-16-34-29(27(26)19-30(32(31)36-2)38-21-23-11-7-4-8-12-23)18-24-17-25(13-14-28(24)33)37-20-22-9-5-3-6-10-22/h3-14,17,19H,15-16,18,20-21H2,1-2H3. The Balaban J connectivity index is 1.42. The molecular formula is C32H30BrNO4. The summed E-state index contributed by atoms with van der Waals surface area (Å²) in [7, 11) is 3.32. The molecule has 0 atom stereocenters. The molecule has 0 saturated heterocycles. The Kier molecular flexibility index (Phi) is 8.29. The zero-order valence-electron chi connectivity index (χ0n) is 21.6. The fourth-order valence-electron chi connectivity index (χ4n) is 4.65. The Hall–Kier alpha value is -3.77. The van der Waals surface area contributed by atoms with Gasteiger partial charge in [0.1, 0.15) is 19.0 Å². The van der Waals surface area contributed by atoms with Gasteiger partial charge in [0.05, 0.1) is 14.2 Å². The molecule has 1 aliphatic heterocycles. The van der Waals surface area contributed by atoms with Crippen LogP contribution in [-0.2, 0) is 26.1 Å². The molecule has 1 aliphatic rings. The fraction of sp³-hybridized carbons (Fsp3) is 0.219. The molecule has 4 aromatic carbocycles. The summed E-state index contributed by atoms with van der Waals surface area (Å²) < 4.78 is 25.0. The summed E-state index contributed by atoms with van der Waals surface area (Å²) in [6.45, 7) is 1.64. The van der Waals surface area contributed by atoms with E-state index >= 15 is 0 Å². The largest absolute Gasteiger partial charge is 0.492 e. The molecule has 0 bridgehead atoms. The number of rotatable bonds is 10. The van der Waals surface area contributed by atoms with E-state index in [0.717, 1.165) is 50.2 Å². The van der Waals surface area contributed by atoms with Gasteiger partial charge in [0.25, 0.3) is 0 Å². The first-order chi connectivity index (χ1) is 18.7. The van der Waals surface area contributed by atoms with Crippen LogP contribution in [0.25, 0.3) is 0 Å². The van der Waals surface area contributed by atoms with Gasteiger partial charge in [-0.3, -0.25) is 4.99 Å². The minimum absolute atomic E-state index is 0.429. The third-order valence-electron chi connectivity index (χ3n) is 6.55. The van der Waals surface area contributed by atoms with Crippen LogP contribution < -0.4 is 18.9 Å². The van der Waals surface area contributed by atoms with Crippen LogP contribution in [0.4, 0.5) is 0 Å². The number of aliphatic imine (C=N–C) groups is 1. The normalized spacial score (nSPS) is 12.3. The lowest BCUT2D eigenvalue weighted by Crippen LogP contribution is -2.17. The average molecular weight is 572 g/mol. The van der Waals surface area contributed by atoms with Crippen molar-refractivity contribution in [2.45, 2.75) is 26.1 Å². The summed E-state index contributed by atoms with van der Waals surface area (Å²) in [5, 5.41) is 0. The van der Waals surface area contributed by atoms with Crippen LogP contribution in [0.5, 0.6) is 23.0 Å². The maximum atomic E-state index is 6.25. The minimum Gasteiger partial charge on any atom is -0.492 e. The topological polar surface area (TPSA) is 49.3 Å². The van der Waals surface area contributed by atoms with E-state index in [2.05, 4.69) is 34.1 Å². The molecule has 0 saturated carbocycles. The van der Waals surface area contributed by atoms with Gasteiger partial charge in [0, 0.05) is 34.3 Å². The van der Waals surface area contributed by atoms with Crippen molar-refractivity contribution >= 4 is 21.6 Å². The molecule has 38 heavy (non-hydrogen) atoms. The molecule has 0 fully saturated rings. The van der Waals surface area contributed by atoms with Crippen molar-refractivity contribution in [2.75, 3.05) is 20.8 Å². The van der Waals surface area contributed by atoms with Gasteiger partial charge in [-0.15, -0.1) is 0 Å². The summed E-state index contributed by atoms with van der Waals surface area (Å²) in [6, 6.07) is 28.4. The highest BCUT2D eigenvalue weighted by molar-refractivity contribution is 9.10. The molecule has 6 heteroatoms. The average Bonchev–Trinajstić information content (AvgIpc) is 2.97. The van der Waals surface area contributed by atoms with Crippen molar-refractivity contribution in [1.29, 1.82) is 0 Å². The van der Waals surface area contributed by atoms with Crippen LogP contribution in [0.2, 0.25) is 0 Å². The number of hydrogen-bond acceptors (Lipinski definition) is 5. The molecule has 5 rings (SSSR count). The number of ether oxygens (including phenoxy) is 4. The zero-order chi connectivity index (χ0) is 26.3. The van der Waals surface area contributed by atoms with Gasteiger partial charge in [-0.25, -0.2) is 0 Å². The Bertz CT molecular complexity index is 1420. The molecule has 1 heterocycles. The predicted octanol–water partition coefficient (Wildman–Crippen LogP) is 7.21. The quantitative estimate of drug-likeness (QED) is 0.202. The molecule has 0 amide bonds. The van der Waals surface area contributed by atoms with Crippen molar-refractivity contribution in [3.05, 3.63) is 117 Å². The number of hydrogen-bond donors (Lipinski definition) is 0. The second kappa shape index (κ2) is 12.2. The summed E-state index contributed by atoms with van der Waals surface area (Å²) in [4.78, 5) is 4.92. The Labute approximate surface area is 232 Å². The number of halogens is 1. The van der Waals surface area contributed by atoms with Gasteiger partial charge < -0.3 is 18.9 Å². The lowest BCUT2D eigenvalue weighted by molar-refractivity contribution is 0.274. The maximum Gasteiger partial charge on any atom is 0.203 e. The highest BCUT2D eigenvalue weighted by atomic mass is 79.9. The van der Waals surface area contributed by atoms with E-state index in [-0.39, 0.29) is 0 Å². The van der Waals surface area contributed by atoms with E-state index in [0.29, 0.717) is 43.4 Å². The summed E-state index contributed by atoms with van der Waals surface area (Å²) >= 11 is 3.73. The summed E-state index contributed by atoms with van der Waals surface area (Å²) in [5.41, 5.74) is 6.41. The van der Waals surface area contributed by atoms with Crippen molar-refractivity contribution in [3.8, 4) is 23.0 Å². The van der Waals surface area contributed by atoms with E-state index < -0.39 is 0 Å². The highest BCUT2D eigenvalue weighted by Crippen LogP contribution is 2.44. The highest BCUT2D eigenvalue weighted by Gasteiger charge is 2.26. The van der Waals surface area contributed by atoms with Gasteiger partial charge in [0.2, 0.25) is 5.75 Å². The van der Waals surface area contributed by atoms with E-state index in [1.165, 1.54) is 0 Å². The van der Waals surface area contributed by atoms with Gasteiger partial charge >= 0.3 is 0 Å². The molecule has 194 valence electrons. The number of methoxy groups -OCH3 is 2. The maximum absolute atomic E-state index is 6.25. The fourth-order valence-corrected chi connectivity index (χ4v) is 5.04. The second-order valence-electron chi connectivity index (χ2n) is 9.02. The molecule has 4 aromatic rings. The molecule has 0 aliphatic carbocycles. The lowest BCUT2D eigenvalue weighted by atomic mass is 9.92. The molecule has 0 radical (unpaired) electrons. The molecule has 0 N–H and O–H groups in total. The van der Waals surface area contributed by atoms with Gasteiger partial charge in [0.15, 0.2) is 11.5 Å². The molecule has 0 unspecified atom stereocenters. The van der Waals surface area contributed by atoms with E-state index in [9.17, 15) is 0 Å². The molecule has 0 spiro atoms. The SMILES string of the molecule is COc1c(OCc2ccccc2)cc2c(c1OC)CCN=C2Cc1cc(OCc2ccccc2)ccc1Br. The number of fused-ring (bicyclic) bond motifs is 1. The van der Waals surface area contributed by atoms with Crippen LogP contribution in [0.3, 0.4) is 0 Å². The van der Waals surface area contributed by atoms with Crippen LogP contribution in [0.15, 0.2) is 94.4 Å². The monoisotopic (exact) mass is 571 g/mol. The third kappa shape index (κ3) is 5.86. The van der Waals surface area contributed by atoms with Gasteiger partial charge in [-0.05, 0) is 47.4 Å². The van der Waals surface area contributed by atoms with E-state index in [1.54, 1.807) is 14.2 Å². The van der Waals surface area contributed by atoms with Crippen LogP contribution in [0, 0.1) is 0 Å². The first kappa shape index (κ1) is 25.9. The predicted molar refractivity (Wildman–Crippen MR) is 154 cm³/mol. The number of nitrogens with zero attached hydrogens (tertiary/aromatic N) is 1.